The molecule has 5 nitrogen and oxygen atoms in total. The van der Waals surface area contributed by atoms with E-state index in [0.717, 1.165) is 25.7 Å². The number of aromatic nitrogens is 2. The Hall–Kier alpha value is -1.36. The van der Waals surface area contributed by atoms with Crippen LogP contribution in [0.25, 0.3) is 0 Å². The topological polar surface area (TPSA) is 67.3 Å². The molecule has 0 amide bonds. The van der Waals surface area contributed by atoms with E-state index in [1.165, 1.54) is 6.42 Å². The van der Waals surface area contributed by atoms with Gasteiger partial charge in [-0.1, -0.05) is 19.3 Å². The van der Waals surface area contributed by atoms with Crippen LogP contribution >= 0.6 is 0 Å². The van der Waals surface area contributed by atoms with Crippen molar-refractivity contribution in [3.05, 3.63) is 11.9 Å². The van der Waals surface area contributed by atoms with Crippen molar-refractivity contribution in [1.82, 2.24) is 9.97 Å². The SMILES string of the molecule is COc1cc(NCC2(O)CCCCC2)nc(C)n1. The van der Waals surface area contributed by atoms with Crippen molar-refractivity contribution >= 4 is 5.82 Å². The number of anilines is 1. The van der Waals surface area contributed by atoms with Crippen LogP contribution in [-0.4, -0.2) is 34.3 Å². The lowest BCUT2D eigenvalue weighted by Gasteiger charge is -2.32. The third kappa shape index (κ3) is 3.32. The molecule has 1 aromatic heterocycles. The molecule has 2 N–H and O–H groups in total. The summed E-state index contributed by atoms with van der Waals surface area (Å²) in [5.74, 6) is 1.91. The standard InChI is InChI=1S/C13H21N3O2/c1-10-15-11(8-12(16-10)18-2)14-9-13(17)6-4-3-5-7-13/h8,17H,3-7,9H2,1-2H3,(H,14,15,16). The minimum absolute atomic E-state index is 0.534. The second kappa shape index (κ2) is 5.52. The van der Waals surface area contributed by atoms with Crippen LogP contribution in [0.15, 0.2) is 6.07 Å². The molecule has 0 radical (unpaired) electrons. The molecular formula is C13H21N3O2. The first-order valence-electron chi connectivity index (χ1n) is 6.47. The number of nitrogens with one attached hydrogen (secondary N) is 1. The lowest BCUT2D eigenvalue weighted by Crippen LogP contribution is -2.39. The van der Waals surface area contributed by atoms with Gasteiger partial charge in [-0.3, -0.25) is 0 Å². The molecule has 1 fully saturated rings. The van der Waals surface area contributed by atoms with E-state index in [1.807, 2.05) is 6.92 Å². The van der Waals surface area contributed by atoms with E-state index in [0.29, 0.717) is 24.1 Å². The number of hydrogen-bond acceptors (Lipinski definition) is 5. The molecule has 1 saturated carbocycles. The highest BCUT2D eigenvalue weighted by atomic mass is 16.5. The van der Waals surface area contributed by atoms with Crippen molar-refractivity contribution in [3.8, 4) is 5.88 Å². The second-order valence-electron chi connectivity index (χ2n) is 4.98. The number of aryl methyl sites for hydroxylation is 1. The summed E-state index contributed by atoms with van der Waals surface area (Å²) >= 11 is 0. The van der Waals surface area contributed by atoms with Crippen LogP contribution in [0.1, 0.15) is 37.9 Å². The Morgan fingerprint density at radius 2 is 2.06 bits per heavy atom. The van der Waals surface area contributed by atoms with E-state index >= 15 is 0 Å². The summed E-state index contributed by atoms with van der Waals surface area (Å²) in [6.45, 7) is 2.36. The van der Waals surface area contributed by atoms with Crippen molar-refractivity contribution in [3.63, 3.8) is 0 Å². The molecule has 5 heteroatoms. The van der Waals surface area contributed by atoms with Crippen molar-refractivity contribution in [2.45, 2.75) is 44.6 Å². The minimum Gasteiger partial charge on any atom is -0.481 e. The number of ether oxygens (including phenoxy) is 1. The number of rotatable bonds is 4. The first-order valence-corrected chi connectivity index (χ1v) is 6.47. The van der Waals surface area contributed by atoms with Crippen LogP contribution in [0.5, 0.6) is 5.88 Å². The van der Waals surface area contributed by atoms with Crippen LogP contribution in [0.3, 0.4) is 0 Å². The van der Waals surface area contributed by atoms with Crippen molar-refractivity contribution < 1.29 is 9.84 Å². The van der Waals surface area contributed by atoms with Gasteiger partial charge in [-0.2, -0.15) is 4.98 Å². The molecule has 100 valence electrons. The first-order chi connectivity index (χ1) is 8.61. The fraction of sp³-hybridized carbons (Fsp3) is 0.692. The fourth-order valence-electron chi connectivity index (χ4n) is 2.38. The number of hydrogen-bond donors (Lipinski definition) is 2. The average molecular weight is 251 g/mol. The lowest BCUT2D eigenvalue weighted by atomic mass is 9.85. The Kier molecular flexibility index (Phi) is 4.01. The molecule has 1 heterocycles. The third-order valence-electron chi connectivity index (χ3n) is 3.41. The van der Waals surface area contributed by atoms with E-state index in [-0.39, 0.29) is 0 Å². The summed E-state index contributed by atoms with van der Waals surface area (Å²) in [5.41, 5.74) is -0.593. The predicted octanol–water partition coefficient (Wildman–Crippen LogP) is 1.90. The van der Waals surface area contributed by atoms with Gasteiger partial charge in [0, 0.05) is 12.6 Å². The highest BCUT2D eigenvalue weighted by Crippen LogP contribution is 2.28. The van der Waals surface area contributed by atoms with Gasteiger partial charge < -0.3 is 15.2 Å². The molecular weight excluding hydrogens is 230 g/mol. The van der Waals surface area contributed by atoms with Crippen molar-refractivity contribution in [2.75, 3.05) is 19.0 Å². The Morgan fingerprint density at radius 3 is 2.72 bits per heavy atom. The van der Waals surface area contributed by atoms with Gasteiger partial charge in [-0.05, 0) is 19.8 Å². The Bertz CT molecular complexity index is 403. The zero-order valence-electron chi connectivity index (χ0n) is 11.1. The van der Waals surface area contributed by atoms with E-state index in [9.17, 15) is 5.11 Å². The van der Waals surface area contributed by atoms with Crippen molar-refractivity contribution in [2.24, 2.45) is 0 Å². The second-order valence-corrected chi connectivity index (χ2v) is 4.98. The fourth-order valence-corrected chi connectivity index (χ4v) is 2.38. The van der Waals surface area contributed by atoms with E-state index in [4.69, 9.17) is 4.74 Å². The van der Waals surface area contributed by atoms with Crippen LogP contribution in [0, 0.1) is 6.92 Å². The zero-order chi connectivity index (χ0) is 13.0. The zero-order valence-corrected chi connectivity index (χ0v) is 11.1. The molecule has 1 aliphatic rings. The summed E-state index contributed by atoms with van der Waals surface area (Å²) in [5, 5.41) is 13.6. The monoisotopic (exact) mass is 251 g/mol. The van der Waals surface area contributed by atoms with Crippen molar-refractivity contribution in [1.29, 1.82) is 0 Å². The van der Waals surface area contributed by atoms with Gasteiger partial charge in [-0.15, -0.1) is 0 Å². The minimum atomic E-state index is -0.593. The first kappa shape index (κ1) is 13.1. The van der Waals surface area contributed by atoms with Gasteiger partial charge in [0.25, 0.3) is 0 Å². The summed E-state index contributed by atoms with van der Waals surface area (Å²) in [4.78, 5) is 8.41. The molecule has 0 saturated heterocycles. The Morgan fingerprint density at radius 1 is 1.33 bits per heavy atom. The summed E-state index contributed by atoms with van der Waals surface area (Å²) in [6, 6.07) is 1.75. The van der Waals surface area contributed by atoms with E-state index in [2.05, 4.69) is 15.3 Å². The molecule has 18 heavy (non-hydrogen) atoms. The maximum absolute atomic E-state index is 10.4. The third-order valence-corrected chi connectivity index (χ3v) is 3.41. The molecule has 0 unspecified atom stereocenters. The molecule has 1 aliphatic carbocycles. The van der Waals surface area contributed by atoms with Crippen LogP contribution in [-0.2, 0) is 0 Å². The number of aliphatic hydroxyl groups is 1. The van der Waals surface area contributed by atoms with Crippen LogP contribution in [0.2, 0.25) is 0 Å². The molecule has 1 aromatic rings. The number of nitrogens with zero attached hydrogens (tertiary/aromatic N) is 2. The molecule has 0 bridgehead atoms. The summed E-state index contributed by atoms with van der Waals surface area (Å²) in [6.07, 6.45) is 5.15. The van der Waals surface area contributed by atoms with E-state index in [1.54, 1.807) is 13.2 Å². The van der Waals surface area contributed by atoms with Gasteiger partial charge in [0.15, 0.2) is 0 Å². The van der Waals surface area contributed by atoms with Gasteiger partial charge in [0.05, 0.1) is 12.7 Å². The molecule has 0 atom stereocenters. The quantitative estimate of drug-likeness (QED) is 0.855. The normalized spacial score (nSPS) is 18.4. The lowest BCUT2D eigenvalue weighted by molar-refractivity contribution is 0.0166. The van der Waals surface area contributed by atoms with Crippen LogP contribution < -0.4 is 10.1 Å². The van der Waals surface area contributed by atoms with Gasteiger partial charge in [-0.25, -0.2) is 4.98 Å². The maximum Gasteiger partial charge on any atom is 0.218 e. The predicted molar refractivity (Wildman–Crippen MR) is 69.8 cm³/mol. The summed E-state index contributed by atoms with van der Waals surface area (Å²) < 4.78 is 5.10. The smallest absolute Gasteiger partial charge is 0.218 e. The summed E-state index contributed by atoms with van der Waals surface area (Å²) in [7, 11) is 1.58. The molecule has 2 rings (SSSR count). The highest BCUT2D eigenvalue weighted by molar-refractivity contribution is 5.38. The average Bonchev–Trinajstić information content (AvgIpc) is 2.37. The van der Waals surface area contributed by atoms with Crippen LogP contribution in [0.4, 0.5) is 5.82 Å². The molecule has 0 aromatic carbocycles. The molecule has 0 spiro atoms. The van der Waals surface area contributed by atoms with Gasteiger partial charge in [0.1, 0.15) is 11.6 Å². The Labute approximate surface area is 108 Å². The maximum atomic E-state index is 10.4. The highest BCUT2D eigenvalue weighted by Gasteiger charge is 2.28. The van der Waals surface area contributed by atoms with Gasteiger partial charge >= 0.3 is 0 Å². The Balaban J connectivity index is 1.98. The number of methoxy groups -OCH3 is 1. The van der Waals surface area contributed by atoms with Gasteiger partial charge in [0.2, 0.25) is 5.88 Å². The van der Waals surface area contributed by atoms with E-state index < -0.39 is 5.60 Å². The largest absolute Gasteiger partial charge is 0.481 e. The molecule has 0 aliphatic heterocycles.